The third-order valence-electron chi connectivity index (χ3n) is 3.98. The van der Waals surface area contributed by atoms with E-state index >= 15 is 0 Å². The Morgan fingerprint density at radius 1 is 1.30 bits per heavy atom. The molecule has 0 spiro atoms. The molecule has 0 heterocycles. The van der Waals surface area contributed by atoms with Gasteiger partial charge in [-0.25, -0.2) is 0 Å². The first kappa shape index (κ1) is 14.7. The van der Waals surface area contributed by atoms with Crippen LogP contribution < -0.4 is 16.4 Å². The molecule has 0 radical (unpaired) electrons. The number of benzene rings is 1. The molecule has 1 saturated carbocycles. The zero-order valence-electron chi connectivity index (χ0n) is 11.7. The third kappa shape index (κ3) is 3.22. The minimum atomic E-state index is -0.459. The van der Waals surface area contributed by atoms with E-state index < -0.39 is 5.91 Å². The second-order valence-electron chi connectivity index (χ2n) is 5.35. The summed E-state index contributed by atoms with van der Waals surface area (Å²) in [5, 5.41) is 9.32. The number of carbonyl (C=O) groups excluding carboxylic acids is 1. The highest BCUT2D eigenvalue weighted by Gasteiger charge is 2.23. The molecule has 1 aliphatic rings. The number of nitrogen functional groups attached to an aromatic ring is 1. The molecule has 1 aromatic rings. The molecule has 1 aromatic carbocycles. The van der Waals surface area contributed by atoms with E-state index in [0.717, 1.165) is 18.5 Å². The van der Waals surface area contributed by atoms with Gasteiger partial charge in [0.25, 0.3) is 0 Å². The summed E-state index contributed by atoms with van der Waals surface area (Å²) in [7, 11) is 0. The SMILES string of the molecule is NC(=O)c1ccc(N)c(N(CCO)C2CCCCC2)c1. The van der Waals surface area contributed by atoms with E-state index in [1.165, 1.54) is 19.3 Å². The number of aliphatic hydroxyl groups excluding tert-OH is 1. The lowest BCUT2D eigenvalue weighted by Gasteiger charge is -2.36. The number of primary amides is 1. The maximum Gasteiger partial charge on any atom is 0.248 e. The second-order valence-corrected chi connectivity index (χ2v) is 5.35. The van der Waals surface area contributed by atoms with Crippen molar-refractivity contribution in [2.24, 2.45) is 5.73 Å². The number of hydrogen-bond acceptors (Lipinski definition) is 4. The largest absolute Gasteiger partial charge is 0.397 e. The fourth-order valence-corrected chi connectivity index (χ4v) is 2.95. The van der Waals surface area contributed by atoms with Crippen LogP contribution in [0.3, 0.4) is 0 Å². The van der Waals surface area contributed by atoms with Crippen LogP contribution in [0.15, 0.2) is 18.2 Å². The molecule has 0 aliphatic heterocycles. The predicted octanol–water partition coefficient (Wildman–Crippen LogP) is 1.50. The van der Waals surface area contributed by atoms with Gasteiger partial charge in [0.2, 0.25) is 5.91 Å². The van der Waals surface area contributed by atoms with Gasteiger partial charge in [0.1, 0.15) is 0 Å². The molecule has 0 aromatic heterocycles. The Morgan fingerprint density at radius 3 is 2.60 bits per heavy atom. The Bertz CT molecular complexity index is 470. The zero-order valence-corrected chi connectivity index (χ0v) is 11.7. The van der Waals surface area contributed by atoms with E-state index in [9.17, 15) is 9.90 Å². The lowest BCUT2D eigenvalue weighted by molar-refractivity contribution is 0.100. The highest BCUT2D eigenvalue weighted by molar-refractivity contribution is 5.95. The average Bonchev–Trinajstić information content (AvgIpc) is 2.46. The van der Waals surface area contributed by atoms with Crippen LogP contribution in [0.1, 0.15) is 42.5 Å². The summed E-state index contributed by atoms with van der Waals surface area (Å²) in [6.45, 7) is 0.591. The number of carbonyl (C=O) groups is 1. The van der Waals surface area contributed by atoms with Crippen LogP contribution in [-0.2, 0) is 0 Å². The Hall–Kier alpha value is -1.75. The number of anilines is 2. The Morgan fingerprint density at radius 2 is 2.00 bits per heavy atom. The summed E-state index contributed by atoms with van der Waals surface area (Å²) < 4.78 is 0. The molecule has 0 bridgehead atoms. The standard InChI is InChI=1S/C15H23N3O2/c16-13-7-6-11(15(17)20)10-14(13)18(8-9-19)12-4-2-1-3-5-12/h6-7,10,12,19H,1-5,8-9,16H2,(H2,17,20). The summed E-state index contributed by atoms with van der Waals surface area (Å²) in [4.78, 5) is 13.5. The topological polar surface area (TPSA) is 92.6 Å². The number of nitrogens with zero attached hydrogens (tertiary/aromatic N) is 1. The summed E-state index contributed by atoms with van der Waals surface area (Å²) in [6, 6.07) is 5.46. The number of amides is 1. The summed E-state index contributed by atoms with van der Waals surface area (Å²) in [5.41, 5.74) is 13.3. The molecule has 5 N–H and O–H groups in total. The van der Waals surface area contributed by atoms with Crippen LogP contribution >= 0.6 is 0 Å². The van der Waals surface area contributed by atoms with Crippen LogP contribution in [0, 0.1) is 0 Å². The van der Waals surface area contributed by atoms with Crippen LogP contribution in [0.25, 0.3) is 0 Å². The van der Waals surface area contributed by atoms with Crippen molar-refractivity contribution in [1.29, 1.82) is 0 Å². The summed E-state index contributed by atoms with van der Waals surface area (Å²) >= 11 is 0. The Balaban J connectivity index is 2.31. The molecule has 2 rings (SSSR count). The van der Waals surface area contributed by atoms with Crippen LogP contribution in [0.4, 0.5) is 11.4 Å². The molecule has 0 atom stereocenters. The predicted molar refractivity (Wildman–Crippen MR) is 80.7 cm³/mol. The number of nitrogens with two attached hydrogens (primary N) is 2. The first-order valence-electron chi connectivity index (χ1n) is 7.20. The van der Waals surface area contributed by atoms with Crippen molar-refractivity contribution >= 4 is 17.3 Å². The average molecular weight is 277 g/mol. The van der Waals surface area contributed by atoms with E-state index in [-0.39, 0.29) is 6.61 Å². The number of aliphatic hydroxyl groups is 1. The molecule has 0 unspecified atom stereocenters. The van der Waals surface area contributed by atoms with Gasteiger partial charge in [-0.15, -0.1) is 0 Å². The van der Waals surface area contributed by atoms with Crippen molar-refractivity contribution in [1.82, 2.24) is 0 Å². The van der Waals surface area contributed by atoms with Crippen LogP contribution in [0.5, 0.6) is 0 Å². The Kier molecular flexibility index (Phi) is 4.84. The first-order chi connectivity index (χ1) is 9.63. The van der Waals surface area contributed by atoms with Crippen molar-refractivity contribution in [3.63, 3.8) is 0 Å². The van der Waals surface area contributed by atoms with Crippen molar-refractivity contribution in [2.45, 2.75) is 38.1 Å². The van der Waals surface area contributed by atoms with Crippen molar-refractivity contribution in [3.8, 4) is 0 Å². The quantitative estimate of drug-likeness (QED) is 0.711. The smallest absolute Gasteiger partial charge is 0.248 e. The molecule has 1 aliphatic carbocycles. The van der Waals surface area contributed by atoms with Crippen LogP contribution in [0.2, 0.25) is 0 Å². The van der Waals surface area contributed by atoms with Gasteiger partial charge in [0, 0.05) is 18.2 Å². The van der Waals surface area contributed by atoms with E-state index in [1.54, 1.807) is 18.2 Å². The van der Waals surface area contributed by atoms with Crippen molar-refractivity contribution in [2.75, 3.05) is 23.8 Å². The van der Waals surface area contributed by atoms with Gasteiger partial charge in [-0.3, -0.25) is 4.79 Å². The van der Waals surface area contributed by atoms with E-state index in [0.29, 0.717) is 23.8 Å². The van der Waals surface area contributed by atoms with Crippen LogP contribution in [-0.4, -0.2) is 30.2 Å². The molecular weight excluding hydrogens is 254 g/mol. The van der Waals surface area contributed by atoms with Gasteiger partial charge in [-0.1, -0.05) is 19.3 Å². The molecule has 1 amide bonds. The minimum absolute atomic E-state index is 0.0662. The van der Waals surface area contributed by atoms with Gasteiger partial charge in [0.05, 0.1) is 18.0 Å². The molecule has 5 nitrogen and oxygen atoms in total. The highest BCUT2D eigenvalue weighted by atomic mass is 16.3. The number of rotatable bonds is 5. The maximum atomic E-state index is 11.3. The molecule has 110 valence electrons. The summed E-state index contributed by atoms with van der Waals surface area (Å²) in [6.07, 6.45) is 5.85. The second kappa shape index (κ2) is 6.61. The molecule has 0 saturated heterocycles. The van der Waals surface area contributed by atoms with E-state index in [1.807, 2.05) is 0 Å². The minimum Gasteiger partial charge on any atom is -0.397 e. The van der Waals surface area contributed by atoms with Gasteiger partial charge >= 0.3 is 0 Å². The van der Waals surface area contributed by atoms with Gasteiger partial charge in [0.15, 0.2) is 0 Å². The van der Waals surface area contributed by atoms with Gasteiger partial charge in [-0.05, 0) is 31.0 Å². The third-order valence-corrected chi connectivity index (χ3v) is 3.98. The highest BCUT2D eigenvalue weighted by Crippen LogP contribution is 2.31. The molecular formula is C15H23N3O2. The zero-order chi connectivity index (χ0) is 14.5. The molecule has 1 fully saturated rings. The maximum absolute atomic E-state index is 11.3. The fraction of sp³-hybridized carbons (Fsp3) is 0.533. The number of hydrogen-bond donors (Lipinski definition) is 3. The lowest BCUT2D eigenvalue weighted by atomic mass is 9.93. The monoisotopic (exact) mass is 277 g/mol. The van der Waals surface area contributed by atoms with E-state index in [2.05, 4.69) is 4.90 Å². The first-order valence-corrected chi connectivity index (χ1v) is 7.20. The molecule has 5 heteroatoms. The molecule has 20 heavy (non-hydrogen) atoms. The normalized spacial score (nSPS) is 16.1. The van der Waals surface area contributed by atoms with Gasteiger partial charge < -0.3 is 21.5 Å². The van der Waals surface area contributed by atoms with Crippen molar-refractivity contribution in [3.05, 3.63) is 23.8 Å². The van der Waals surface area contributed by atoms with Crippen molar-refractivity contribution < 1.29 is 9.90 Å². The summed E-state index contributed by atoms with van der Waals surface area (Å²) in [5.74, 6) is -0.459. The Labute approximate surface area is 119 Å². The van der Waals surface area contributed by atoms with E-state index in [4.69, 9.17) is 11.5 Å². The van der Waals surface area contributed by atoms with Gasteiger partial charge in [-0.2, -0.15) is 0 Å². The fourth-order valence-electron chi connectivity index (χ4n) is 2.95. The lowest BCUT2D eigenvalue weighted by Crippen LogP contribution is -2.39.